The Morgan fingerprint density at radius 1 is 1.11 bits per heavy atom. The number of rotatable bonds is 4. The summed E-state index contributed by atoms with van der Waals surface area (Å²) in [5.74, 6) is 1.43. The van der Waals surface area contributed by atoms with E-state index in [2.05, 4.69) is 30.4 Å². The fourth-order valence-corrected chi connectivity index (χ4v) is 3.14. The Labute approximate surface area is 162 Å². The Morgan fingerprint density at radius 2 is 1.93 bits per heavy atom. The summed E-state index contributed by atoms with van der Waals surface area (Å²) in [7, 11) is 0. The molecule has 1 N–H and O–H groups in total. The number of amides is 1. The summed E-state index contributed by atoms with van der Waals surface area (Å²) in [6.07, 6.45) is 1.72. The molecular weight excluding hydrogens is 356 g/mol. The second kappa shape index (κ2) is 7.71. The number of pyridine rings is 1. The summed E-state index contributed by atoms with van der Waals surface area (Å²) in [5.41, 5.74) is 2.35. The van der Waals surface area contributed by atoms with Gasteiger partial charge in [0.15, 0.2) is 5.65 Å². The zero-order valence-electron chi connectivity index (χ0n) is 16.0. The van der Waals surface area contributed by atoms with Gasteiger partial charge in [0.2, 0.25) is 11.9 Å². The van der Waals surface area contributed by atoms with Crippen LogP contribution in [0, 0.1) is 6.92 Å². The van der Waals surface area contributed by atoms with E-state index in [1.165, 1.54) is 0 Å². The number of hydrogen-bond donors (Lipinski definition) is 1. The number of nitrogens with one attached hydrogen (secondary N) is 1. The van der Waals surface area contributed by atoms with Crippen molar-refractivity contribution in [1.82, 2.24) is 30.0 Å². The van der Waals surface area contributed by atoms with Crippen molar-refractivity contribution in [2.24, 2.45) is 0 Å². The molecule has 0 aromatic carbocycles. The second-order valence-electron chi connectivity index (χ2n) is 6.76. The van der Waals surface area contributed by atoms with Crippen LogP contribution >= 0.6 is 0 Å². The van der Waals surface area contributed by atoms with Gasteiger partial charge in [-0.05, 0) is 31.2 Å². The van der Waals surface area contributed by atoms with Crippen molar-refractivity contribution in [2.45, 2.75) is 20.4 Å². The molecule has 9 heteroatoms. The summed E-state index contributed by atoms with van der Waals surface area (Å²) in [4.78, 5) is 29.2. The van der Waals surface area contributed by atoms with Crippen molar-refractivity contribution in [3.05, 3.63) is 41.9 Å². The predicted octanol–water partition coefficient (Wildman–Crippen LogP) is 1.40. The smallest absolute Gasteiger partial charge is 0.229 e. The highest BCUT2D eigenvalue weighted by Crippen LogP contribution is 2.23. The molecule has 0 radical (unpaired) electrons. The van der Waals surface area contributed by atoms with Crippen molar-refractivity contribution in [2.75, 3.05) is 36.4 Å². The molecule has 1 fully saturated rings. The highest BCUT2D eigenvalue weighted by Gasteiger charge is 2.21. The highest BCUT2D eigenvalue weighted by molar-refractivity contribution is 5.87. The van der Waals surface area contributed by atoms with Crippen LogP contribution in [0.15, 0.2) is 30.5 Å². The lowest BCUT2D eigenvalue weighted by atomic mass is 10.3. The Balaban J connectivity index is 1.58. The number of carbonyl (C=O) groups excluding carboxylic acids is 1. The first-order valence-electron chi connectivity index (χ1n) is 9.26. The van der Waals surface area contributed by atoms with Crippen LogP contribution in [0.25, 0.3) is 11.0 Å². The lowest BCUT2D eigenvalue weighted by molar-refractivity contribution is -0.129. The number of carbonyl (C=O) groups is 1. The molecule has 4 heterocycles. The number of hydrogen-bond acceptors (Lipinski definition) is 8. The normalized spacial score (nSPS) is 14.4. The minimum Gasteiger partial charge on any atom is -0.364 e. The van der Waals surface area contributed by atoms with Crippen LogP contribution in [0.2, 0.25) is 0 Å². The van der Waals surface area contributed by atoms with E-state index in [0.29, 0.717) is 50.1 Å². The molecule has 144 valence electrons. The van der Waals surface area contributed by atoms with Gasteiger partial charge in [0.25, 0.3) is 0 Å². The first-order chi connectivity index (χ1) is 13.6. The summed E-state index contributed by atoms with van der Waals surface area (Å²) in [6, 6.07) is 7.69. The Hall–Kier alpha value is -3.36. The third kappa shape index (κ3) is 3.83. The van der Waals surface area contributed by atoms with Crippen molar-refractivity contribution in [1.29, 1.82) is 0 Å². The van der Waals surface area contributed by atoms with Gasteiger partial charge in [0, 0.05) is 39.3 Å². The number of aromatic nitrogens is 5. The van der Waals surface area contributed by atoms with E-state index in [0.717, 1.165) is 16.8 Å². The van der Waals surface area contributed by atoms with Crippen LogP contribution in [-0.2, 0) is 11.3 Å². The summed E-state index contributed by atoms with van der Waals surface area (Å²) < 4.78 is 0. The van der Waals surface area contributed by atoms with Crippen LogP contribution in [0.3, 0.4) is 0 Å². The van der Waals surface area contributed by atoms with Gasteiger partial charge >= 0.3 is 0 Å². The van der Waals surface area contributed by atoms with Gasteiger partial charge in [0.1, 0.15) is 5.82 Å². The second-order valence-corrected chi connectivity index (χ2v) is 6.76. The maximum absolute atomic E-state index is 11.6. The lowest BCUT2D eigenvalue weighted by Crippen LogP contribution is -2.48. The molecule has 1 aliphatic rings. The maximum atomic E-state index is 11.6. The Bertz CT molecular complexity index is 983. The average molecular weight is 378 g/mol. The van der Waals surface area contributed by atoms with Gasteiger partial charge in [-0.3, -0.25) is 4.79 Å². The summed E-state index contributed by atoms with van der Waals surface area (Å²) in [5, 5.41) is 12.5. The van der Waals surface area contributed by atoms with Gasteiger partial charge in [-0.2, -0.15) is 20.2 Å². The minimum absolute atomic E-state index is 0.0994. The molecule has 1 aliphatic heterocycles. The molecule has 1 amide bonds. The molecule has 0 saturated carbocycles. The van der Waals surface area contributed by atoms with E-state index >= 15 is 0 Å². The van der Waals surface area contributed by atoms with Crippen LogP contribution in [0.1, 0.15) is 18.3 Å². The SMILES string of the molecule is CC(=O)N1CCN(c2nc(NCc3ccc(C)nn3)c3cccnc3n2)CC1. The maximum Gasteiger partial charge on any atom is 0.229 e. The molecular formula is C19H22N8O. The first kappa shape index (κ1) is 18.0. The van der Waals surface area contributed by atoms with Crippen molar-refractivity contribution >= 4 is 28.7 Å². The predicted molar refractivity (Wildman–Crippen MR) is 106 cm³/mol. The molecule has 28 heavy (non-hydrogen) atoms. The van der Waals surface area contributed by atoms with Crippen LogP contribution in [0.4, 0.5) is 11.8 Å². The van der Waals surface area contributed by atoms with E-state index in [1.807, 2.05) is 36.1 Å². The van der Waals surface area contributed by atoms with Crippen molar-refractivity contribution < 1.29 is 4.79 Å². The van der Waals surface area contributed by atoms with Crippen molar-refractivity contribution in [3.63, 3.8) is 0 Å². The summed E-state index contributed by atoms with van der Waals surface area (Å²) >= 11 is 0. The van der Waals surface area contributed by atoms with Gasteiger partial charge in [0.05, 0.1) is 23.3 Å². The topological polar surface area (TPSA) is 100 Å². The zero-order chi connectivity index (χ0) is 19.5. The number of anilines is 2. The van der Waals surface area contributed by atoms with Crippen LogP contribution < -0.4 is 10.2 Å². The Morgan fingerprint density at radius 3 is 2.64 bits per heavy atom. The molecule has 4 rings (SSSR count). The largest absolute Gasteiger partial charge is 0.364 e. The Kier molecular flexibility index (Phi) is 4.96. The minimum atomic E-state index is 0.0994. The van der Waals surface area contributed by atoms with Gasteiger partial charge in [-0.1, -0.05) is 0 Å². The molecule has 0 aliphatic carbocycles. The third-order valence-corrected chi connectivity index (χ3v) is 4.76. The number of nitrogens with zero attached hydrogens (tertiary/aromatic N) is 7. The van der Waals surface area contributed by atoms with E-state index in [-0.39, 0.29) is 5.91 Å². The molecule has 3 aromatic rings. The van der Waals surface area contributed by atoms with E-state index in [1.54, 1.807) is 13.1 Å². The molecule has 3 aromatic heterocycles. The van der Waals surface area contributed by atoms with Crippen LogP contribution in [-0.4, -0.2) is 62.1 Å². The molecule has 0 bridgehead atoms. The zero-order valence-corrected chi connectivity index (χ0v) is 16.0. The number of fused-ring (bicyclic) bond motifs is 1. The lowest BCUT2D eigenvalue weighted by Gasteiger charge is -2.34. The van der Waals surface area contributed by atoms with Gasteiger partial charge in [-0.15, -0.1) is 0 Å². The van der Waals surface area contributed by atoms with E-state index in [4.69, 9.17) is 4.98 Å². The molecule has 0 atom stereocenters. The highest BCUT2D eigenvalue weighted by atomic mass is 16.2. The molecule has 0 unspecified atom stereocenters. The van der Waals surface area contributed by atoms with E-state index < -0.39 is 0 Å². The monoisotopic (exact) mass is 378 g/mol. The fraction of sp³-hybridized carbons (Fsp3) is 0.368. The van der Waals surface area contributed by atoms with Crippen LogP contribution in [0.5, 0.6) is 0 Å². The standard InChI is InChI=1S/C19H22N8O/c1-13-5-6-15(25-24-13)12-21-18-16-4-3-7-20-17(16)22-19(23-18)27-10-8-26(9-11-27)14(2)28/h3-7H,8-12H2,1-2H3,(H,20,21,22,23). The first-order valence-corrected chi connectivity index (χ1v) is 9.26. The third-order valence-electron chi connectivity index (χ3n) is 4.76. The molecule has 9 nitrogen and oxygen atoms in total. The summed E-state index contributed by atoms with van der Waals surface area (Å²) in [6.45, 7) is 6.74. The van der Waals surface area contributed by atoms with Gasteiger partial charge in [-0.25, -0.2) is 4.98 Å². The van der Waals surface area contributed by atoms with E-state index in [9.17, 15) is 4.79 Å². The van der Waals surface area contributed by atoms with Gasteiger partial charge < -0.3 is 15.1 Å². The van der Waals surface area contributed by atoms with Crippen molar-refractivity contribution in [3.8, 4) is 0 Å². The molecule has 1 saturated heterocycles. The fourth-order valence-electron chi connectivity index (χ4n) is 3.14. The molecule has 0 spiro atoms. The average Bonchev–Trinajstić information content (AvgIpc) is 2.73. The quantitative estimate of drug-likeness (QED) is 0.727. The number of aryl methyl sites for hydroxylation is 1. The number of piperazine rings is 1.